The summed E-state index contributed by atoms with van der Waals surface area (Å²) in [6, 6.07) is 23.7. The van der Waals surface area contributed by atoms with Crippen molar-refractivity contribution in [1.82, 2.24) is 19.4 Å². The van der Waals surface area contributed by atoms with Crippen LogP contribution in [0, 0.1) is 0 Å². The molecule has 43 heavy (non-hydrogen) atoms. The van der Waals surface area contributed by atoms with Crippen molar-refractivity contribution in [3.8, 4) is 11.4 Å². The van der Waals surface area contributed by atoms with Crippen LogP contribution in [0.4, 0.5) is 0 Å². The quantitative estimate of drug-likeness (QED) is 0.225. The third-order valence-corrected chi connectivity index (χ3v) is 8.28. The predicted octanol–water partition coefficient (Wildman–Crippen LogP) is 4.92. The summed E-state index contributed by atoms with van der Waals surface area (Å²) in [5.41, 5.74) is 2.35. The Bertz CT molecular complexity index is 1910. The smallest absolute Gasteiger partial charge is 0.266 e. The Morgan fingerprint density at radius 2 is 1.67 bits per heavy atom. The molecule has 0 aliphatic carbocycles. The molecule has 2 aromatic heterocycles. The van der Waals surface area contributed by atoms with E-state index in [1.807, 2.05) is 26.0 Å². The highest BCUT2D eigenvalue weighted by Crippen LogP contribution is 2.26. The maximum absolute atomic E-state index is 14.0. The van der Waals surface area contributed by atoms with Crippen LogP contribution in [0.1, 0.15) is 36.8 Å². The van der Waals surface area contributed by atoms with E-state index < -0.39 is 15.9 Å². The van der Waals surface area contributed by atoms with Crippen LogP contribution in [-0.2, 0) is 27.6 Å². The summed E-state index contributed by atoms with van der Waals surface area (Å²) in [5.74, 6) is 0.861. The van der Waals surface area contributed by atoms with E-state index >= 15 is 0 Å². The molecule has 9 nitrogen and oxygen atoms in total. The van der Waals surface area contributed by atoms with Gasteiger partial charge >= 0.3 is 0 Å². The first-order chi connectivity index (χ1) is 20.7. The van der Waals surface area contributed by atoms with Crippen molar-refractivity contribution in [1.29, 1.82) is 0 Å². The molecular weight excluding hydrogens is 564 g/mol. The lowest BCUT2D eigenvalue weighted by atomic mass is 10.1. The van der Waals surface area contributed by atoms with Crippen LogP contribution in [0.25, 0.3) is 16.6 Å². The van der Waals surface area contributed by atoms with Gasteiger partial charge in [-0.05, 0) is 79.6 Å². The second kappa shape index (κ2) is 12.6. The number of benzene rings is 3. The van der Waals surface area contributed by atoms with Gasteiger partial charge in [0.05, 0.1) is 40.6 Å². The van der Waals surface area contributed by atoms with Gasteiger partial charge in [-0.3, -0.25) is 19.1 Å². The second-order valence-corrected chi connectivity index (χ2v) is 12.2. The summed E-state index contributed by atoms with van der Waals surface area (Å²) in [5, 5.41) is 0.462. The van der Waals surface area contributed by atoms with Gasteiger partial charge in [0.15, 0.2) is 9.84 Å². The maximum Gasteiger partial charge on any atom is 0.266 e. The van der Waals surface area contributed by atoms with Crippen molar-refractivity contribution in [2.75, 3.05) is 12.9 Å². The van der Waals surface area contributed by atoms with E-state index in [2.05, 4.69) is 4.98 Å². The Hall–Kier alpha value is -4.83. The van der Waals surface area contributed by atoms with E-state index in [0.29, 0.717) is 40.3 Å². The first kappa shape index (κ1) is 29.7. The van der Waals surface area contributed by atoms with Gasteiger partial charge in [0.2, 0.25) is 5.91 Å². The van der Waals surface area contributed by atoms with Crippen LogP contribution in [-0.4, -0.2) is 46.6 Å². The number of hydrogen-bond acceptors (Lipinski definition) is 7. The van der Waals surface area contributed by atoms with E-state index in [4.69, 9.17) is 9.72 Å². The van der Waals surface area contributed by atoms with Crippen molar-refractivity contribution < 1.29 is 17.9 Å². The van der Waals surface area contributed by atoms with Gasteiger partial charge in [-0.15, -0.1) is 0 Å². The van der Waals surface area contributed by atoms with Gasteiger partial charge in [0.1, 0.15) is 11.6 Å². The first-order valence-electron chi connectivity index (χ1n) is 13.9. The minimum Gasteiger partial charge on any atom is -0.494 e. The van der Waals surface area contributed by atoms with Crippen molar-refractivity contribution in [2.24, 2.45) is 0 Å². The van der Waals surface area contributed by atoms with Crippen LogP contribution in [0.15, 0.2) is 107 Å². The molecule has 0 bridgehead atoms. The zero-order valence-corrected chi connectivity index (χ0v) is 25.0. The highest BCUT2D eigenvalue weighted by Gasteiger charge is 2.27. The normalized spacial score (nSPS) is 12.2. The zero-order chi connectivity index (χ0) is 30.6. The molecule has 5 rings (SSSR count). The monoisotopic (exact) mass is 596 g/mol. The van der Waals surface area contributed by atoms with Crippen LogP contribution in [0.3, 0.4) is 0 Å². The van der Waals surface area contributed by atoms with E-state index in [1.54, 1.807) is 82.5 Å². The number of hydrogen-bond donors (Lipinski definition) is 0. The highest BCUT2D eigenvalue weighted by atomic mass is 32.2. The minimum absolute atomic E-state index is 0.0233. The van der Waals surface area contributed by atoms with Crippen LogP contribution >= 0.6 is 0 Å². The Balaban J connectivity index is 1.60. The third kappa shape index (κ3) is 6.65. The Morgan fingerprint density at radius 1 is 0.953 bits per heavy atom. The standard InChI is InChI=1S/C33H32N4O5S/c1-4-42-27-15-13-26(14-16-27)37-32(35-30-10-6-5-9-29(30)33(37)39)23(2)36(22-25-8-7-19-34-21-25)31(38)20-24-11-17-28(18-12-24)43(3,40)41/h5-19,21,23H,4,20,22H2,1-3H3/t23-/m1/s1. The molecule has 10 heteroatoms. The van der Waals surface area contributed by atoms with E-state index in [9.17, 15) is 18.0 Å². The highest BCUT2D eigenvalue weighted by molar-refractivity contribution is 7.90. The number of carbonyl (C=O) groups excluding carboxylic acids is 1. The van der Waals surface area contributed by atoms with Gasteiger partial charge in [0, 0.05) is 25.2 Å². The molecule has 220 valence electrons. The number of para-hydroxylation sites is 1. The predicted molar refractivity (Wildman–Crippen MR) is 165 cm³/mol. The zero-order valence-electron chi connectivity index (χ0n) is 24.2. The fourth-order valence-corrected chi connectivity index (χ4v) is 5.57. The van der Waals surface area contributed by atoms with Gasteiger partial charge in [-0.2, -0.15) is 0 Å². The van der Waals surface area contributed by atoms with Gasteiger partial charge < -0.3 is 9.64 Å². The van der Waals surface area contributed by atoms with Crippen LogP contribution in [0.2, 0.25) is 0 Å². The largest absolute Gasteiger partial charge is 0.494 e. The number of nitrogens with zero attached hydrogens (tertiary/aromatic N) is 4. The number of ether oxygens (including phenoxy) is 1. The van der Waals surface area contributed by atoms with Crippen molar-refractivity contribution >= 4 is 26.6 Å². The van der Waals surface area contributed by atoms with Gasteiger partial charge in [-0.25, -0.2) is 13.4 Å². The van der Waals surface area contributed by atoms with E-state index in [0.717, 1.165) is 11.8 Å². The second-order valence-electron chi connectivity index (χ2n) is 10.2. The number of sulfone groups is 1. The topological polar surface area (TPSA) is 111 Å². The molecule has 1 atom stereocenters. The molecule has 3 aromatic carbocycles. The molecule has 0 aliphatic heterocycles. The summed E-state index contributed by atoms with van der Waals surface area (Å²) in [6.07, 6.45) is 4.53. The lowest BCUT2D eigenvalue weighted by Gasteiger charge is -2.31. The molecule has 0 spiro atoms. The number of rotatable bonds is 10. The number of pyridine rings is 1. The summed E-state index contributed by atoms with van der Waals surface area (Å²) >= 11 is 0. The fourth-order valence-electron chi connectivity index (χ4n) is 4.94. The molecule has 0 radical (unpaired) electrons. The molecule has 0 saturated heterocycles. The fraction of sp³-hybridized carbons (Fsp3) is 0.212. The maximum atomic E-state index is 14.0. The van der Waals surface area contributed by atoms with Crippen molar-refractivity contribution in [2.45, 2.75) is 37.8 Å². The molecule has 0 N–H and O–H groups in total. The lowest BCUT2D eigenvalue weighted by molar-refractivity contribution is -0.133. The van der Waals surface area contributed by atoms with E-state index in [-0.39, 0.29) is 29.3 Å². The number of fused-ring (bicyclic) bond motifs is 1. The number of carbonyl (C=O) groups is 1. The molecule has 2 heterocycles. The SMILES string of the molecule is CCOc1ccc(-n2c([C@@H](C)N(Cc3cccnc3)C(=O)Cc3ccc(S(C)(=O)=O)cc3)nc3ccccc3c2=O)cc1. The Kier molecular flexibility index (Phi) is 8.68. The van der Waals surface area contributed by atoms with E-state index in [1.165, 1.54) is 12.1 Å². The average Bonchev–Trinajstić information content (AvgIpc) is 3.00. The molecular formula is C33H32N4O5S. The Labute approximate surface area is 250 Å². The molecule has 0 fully saturated rings. The number of aromatic nitrogens is 3. The van der Waals surface area contributed by atoms with Crippen LogP contribution in [0.5, 0.6) is 5.75 Å². The Morgan fingerprint density at radius 3 is 2.33 bits per heavy atom. The first-order valence-corrected chi connectivity index (χ1v) is 15.8. The molecule has 1 amide bonds. The average molecular weight is 597 g/mol. The summed E-state index contributed by atoms with van der Waals surface area (Å²) in [7, 11) is -3.36. The van der Waals surface area contributed by atoms with Crippen molar-refractivity contribution in [3.05, 3.63) is 125 Å². The molecule has 0 saturated carbocycles. The van der Waals surface area contributed by atoms with Gasteiger partial charge in [0.25, 0.3) is 5.56 Å². The molecule has 0 aliphatic rings. The van der Waals surface area contributed by atoms with Crippen LogP contribution < -0.4 is 10.3 Å². The molecule has 0 unspecified atom stereocenters. The van der Waals surface area contributed by atoms with Crippen molar-refractivity contribution in [3.63, 3.8) is 0 Å². The lowest BCUT2D eigenvalue weighted by Crippen LogP contribution is -2.38. The van der Waals surface area contributed by atoms with Gasteiger partial charge in [-0.1, -0.05) is 30.3 Å². The number of amides is 1. The summed E-state index contributed by atoms with van der Waals surface area (Å²) in [4.78, 5) is 38.9. The third-order valence-electron chi connectivity index (χ3n) is 7.15. The molecule has 5 aromatic rings. The summed E-state index contributed by atoms with van der Waals surface area (Å²) in [6.45, 7) is 4.49. The minimum atomic E-state index is -3.36. The summed E-state index contributed by atoms with van der Waals surface area (Å²) < 4.78 is 31.0.